The molecule has 50 heavy (non-hydrogen) atoms. The minimum atomic E-state index is -6.07. The molecular weight excluding hydrogens is 739 g/mol. The highest BCUT2D eigenvalue weighted by atomic mass is 32.2. The van der Waals surface area contributed by atoms with Gasteiger partial charge in [0.25, 0.3) is 23.5 Å². The normalized spacial score (nSPS) is 25.6. The number of phosphoric acid groups is 3. The molecule has 0 aliphatic carbocycles. The predicted molar refractivity (Wildman–Crippen MR) is 171 cm³/mol. The highest BCUT2D eigenvalue weighted by Crippen LogP contribution is 2.63. The van der Waals surface area contributed by atoms with E-state index in [1.54, 1.807) is 22.8 Å². The predicted octanol–water partition coefficient (Wildman–Crippen LogP) is 2.83. The number of hydrogen-bond acceptors (Lipinski definition) is 18. The summed E-state index contributed by atoms with van der Waals surface area (Å²) < 4.78 is 74.5. The van der Waals surface area contributed by atoms with Crippen molar-refractivity contribution in [3.8, 4) is 0 Å². The summed E-state index contributed by atoms with van der Waals surface area (Å²) in [5.41, 5.74) is 8.08. The number of anilines is 1. The fourth-order valence-electron chi connectivity index (χ4n) is 5.22. The number of fused-ring (bicyclic) bond motifs is 2. The number of nitrogens with two attached hydrogens (primary N) is 1. The molecule has 0 spiro atoms. The SMILES string of the molecule is CCCSc1nc(N)c2ncn([C@@H]3O[C@H](COP(=O)([O-])OP(=O)([O-])OP(=O)([O-])OCc4ccccc4)[C@@H]4OC(Cc5ccccc5)OC43)c2n1. The molecule has 0 radical (unpaired) electrons. The number of rotatable bonds is 16. The molecule has 0 bridgehead atoms. The number of imidazole rings is 1. The van der Waals surface area contributed by atoms with Crippen LogP contribution >= 0.6 is 35.2 Å². The van der Waals surface area contributed by atoms with Gasteiger partial charge in [-0.1, -0.05) is 79.3 Å². The van der Waals surface area contributed by atoms with Crippen LogP contribution in [0.25, 0.3) is 11.2 Å². The van der Waals surface area contributed by atoms with Gasteiger partial charge in [-0.05, 0) is 17.5 Å². The molecule has 270 valence electrons. The Kier molecular flexibility index (Phi) is 11.6. The van der Waals surface area contributed by atoms with Gasteiger partial charge in [0.1, 0.15) is 23.8 Å². The molecule has 2 aromatic heterocycles. The number of benzene rings is 2. The molecule has 0 saturated carbocycles. The van der Waals surface area contributed by atoms with Crippen LogP contribution in [0.2, 0.25) is 0 Å². The molecule has 2 N–H and O–H groups in total. The van der Waals surface area contributed by atoms with E-state index in [9.17, 15) is 28.4 Å². The first-order valence-electron chi connectivity index (χ1n) is 15.1. The van der Waals surface area contributed by atoms with Gasteiger partial charge in [-0.25, -0.2) is 23.6 Å². The average Bonchev–Trinajstić information content (AvgIpc) is 3.76. The third kappa shape index (κ3) is 9.26. The van der Waals surface area contributed by atoms with Crippen molar-refractivity contribution in [3.05, 3.63) is 78.1 Å². The van der Waals surface area contributed by atoms with Gasteiger partial charge in [0, 0.05) is 12.2 Å². The largest absolute Gasteiger partial charge is 0.756 e. The lowest BCUT2D eigenvalue weighted by atomic mass is 10.1. The van der Waals surface area contributed by atoms with Crippen molar-refractivity contribution in [1.82, 2.24) is 19.5 Å². The van der Waals surface area contributed by atoms with Crippen LogP contribution in [0.5, 0.6) is 0 Å². The summed E-state index contributed by atoms with van der Waals surface area (Å²) in [5.74, 6) is 0.890. The molecule has 2 fully saturated rings. The van der Waals surface area contributed by atoms with Crippen LogP contribution in [-0.4, -0.2) is 56.5 Å². The van der Waals surface area contributed by atoms with Crippen LogP contribution in [0.4, 0.5) is 5.82 Å². The van der Waals surface area contributed by atoms with Gasteiger partial charge in [0.15, 0.2) is 29.1 Å². The van der Waals surface area contributed by atoms with Crippen LogP contribution in [0.15, 0.2) is 72.1 Å². The molecule has 2 saturated heterocycles. The highest BCUT2D eigenvalue weighted by Gasteiger charge is 2.54. The molecule has 22 heteroatoms. The quantitative estimate of drug-likeness (QED) is 0.0976. The summed E-state index contributed by atoms with van der Waals surface area (Å²) in [7, 11) is -17.4. The minimum Gasteiger partial charge on any atom is -0.756 e. The van der Waals surface area contributed by atoms with Crippen molar-refractivity contribution >= 4 is 52.2 Å². The summed E-state index contributed by atoms with van der Waals surface area (Å²) in [6.45, 7) is 0.615. The summed E-state index contributed by atoms with van der Waals surface area (Å²) in [6.07, 6.45) is -2.06. The van der Waals surface area contributed by atoms with E-state index < -0.39 is 67.5 Å². The maximum atomic E-state index is 12.6. The average molecular weight is 771 g/mol. The lowest BCUT2D eigenvalue weighted by Gasteiger charge is -2.34. The smallest absolute Gasteiger partial charge is 0.280 e. The molecule has 5 unspecified atom stereocenters. The Balaban J connectivity index is 1.17. The molecule has 0 amide bonds. The summed E-state index contributed by atoms with van der Waals surface area (Å²) in [5, 5.41) is 0.417. The number of ether oxygens (including phenoxy) is 3. The van der Waals surface area contributed by atoms with E-state index in [1.807, 2.05) is 37.3 Å². The molecule has 18 nitrogen and oxygen atoms in total. The first-order chi connectivity index (χ1) is 23.8. The van der Waals surface area contributed by atoms with E-state index in [0.29, 0.717) is 28.3 Å². The number of phosphoric ester groups is 2. The summed E-state index contributed by atoms with van der Waals surface area (Å²) in [6, 6.07) is 17.2. The number of hydrogen-bond donors (Lipinski definition) is 1. The van der Waals surface area contributed by atoms with Crippen molar-refractivity contribution in [2.24, 2.45) is 0 Å². The maximum absolute atomic E-state index is 12.6. The molecule has 2 aliphatic rings. The fraction of sp³-hybridized carbons (Fsp3) is 0.393. The van der Waals surface area contributed by atoms with Crippen LogP contribution in [0, 0.1) is 0 Å². The second-order valence-electron chi connectivity index (χ2n) is 11.0. The monoisotopic (exact) mass is 770 g/mol. The van der Waals surface area contributed by atoms with Crippen molar-refractivity contribution in [3.63, 3.8) is 0 Å². The van der Waals surface area contributed by atoms with Gasteiger partial charge in [0.2, 0.25) is 0 Å². The van der Waals surface area contributed by atoms with E-state index in [-0.39, 0.29) is 5.82 Å². The van der Waals surface area contributed by atoms with Gasteiger partial charge in [0.05, 0.1) is 19.5 Å². The Hall–Kier alpha value is -2.57. The number of aromatic nitrogens is 4. The van der Waals surface area contributed by atoms with E-state index in [1.165, 1.54) is 30.2 Å². The molecule has 4 heterocycles. The number of nitrogen functional groups attached to an aromatic ring is 1. The van der Waals surface area contributed by atoms with E-state index in [0.717, 1.165) is 17.7 Å². The highest BCUT2D eigenvalue weighted by molar-refractivity contribution is 7.99. The molecule has 8 atom stereocenters. The third-order valence-corrected chi connectivity index (χ3v) is 12.5. The lowest BCUT2D eigenvalue weighted by molar-refractivity contribution is -0.252. The van der Waals surface area contributed by atoms with Gasteiger partial charge in [-0.3, -0.25) is 18.3 Å². The topological polar surface area (TPSA) is 255 Å². The first kappa shape index (κ1) is 37.2. The minimum absolute atomic E-state index is 0.147. The summed E-state index contributed by atoms with van der Waals surface area (Å²) in [4.78, 5) is 50.3. The van der Waals surface area contributed by atoms with Crippen molar-refractivity contribution in [2.75, 3.05) is 18.1 Å². The second kappa shape index (κ2) is 15.6. The Morgan fingerprint density at radius 1 is 0.860 bits per heavy atom. The first-order valence-corrected chi connectivity index (χ1v) is 20.5. The van der Waals surface area contributed by atoms with Crippen molar-refractivity contribution < 1.29 is 60.3 Å². The van der Waals surface area contributed by atoms with Crippen LogP contribution in [0.3, 0.4) is 0 Å². The maximum Gasteiger partial charge on any atom is 0.280 e. The standard InChI is InChI=1S/C28H34N5O13P3S/c1-2-13-50-28-31-25(29)22-26(32-28)33(17-30-22)27-24-23(43-21(44-24)14-18-9-5-3-6-10-18)20(42-27)16-41-48(36,37)46-49(38,39)45-47(34,35)40-15-19-11-7-4-8-12-19/h3-12,17,20-21,23-24,27H,2,13-16H2,1H3,(H,34,35)(H,36,37)(H,38,39)(H2,29,31,32)/p-3/t20-,21?,23+,24?,27-/m1/s1. The zero-order valence-corrected chi connectivity index (χ0v) is 29.7. The van der Waals surface area contributed by atoms with Crippen molar-refractivity contribution in [2.45, 2.75) is 62.4 Å². The van der Waals surface area contributed by atoms with Gasteiger partial charge < -0.3 is 43.7 Å². The van der Waals surface area contributed by atoms with Gasteiger partial charge >= 0.3 is 0 Å². The van der Waals surface area contributed by atoms with E-state index in [2.05, 4.69) is 28.1 Å². The van der Waals surface area contributed by atoms with E-state index >= 15 is 0 Å². The van der Waals surface area contributed by atoms with Crippen LogP contribution in [0.1, 0.15) is 30.7 Å². The summed E-state index contributed by atoms with van der Waals surface area (Å²) >= 11 is 1.40. The number of nitrogens with zero attached hydrogens (tertiary/aromatic N) is 4. The van der Waals surface area contributed by atoms with Crippen molar-refractivity contribution in [1.29, 1.82) is 0 Å². The zero-order valence-electron chi connectivity index (χ0n) is 26.2. The molecule has 2 aliphatic heterocycles. The Bertz CT molecular complexity index is 1930. The third-order valence-electron chi connectivity index (χ3n) is 7.31. The molecule has 4 aromatic rings. The Morgan fingerprint density at radius 2 is 1.50 bits per heavy atom. The Morgan fingerprint density at radius 3 is 2.18 bits per heavy atom. The zero-order chi connectivity index (χ0) is 35.5. The number of thioether (sulfide) groups is 1. The second-order valence-corrected chi connectivity index (χ2v) is 16.6. The molecule has 6 rings (SSSR count). The lowest BCUT2D eigenvalue weighted by Crippen LogP contribution is -2.32. The molecular formula is C28H31N5O13P3S-3. The molecule has 2 aromatic carbocycles. The Labute approximate surface area is 290 Å². The van der Waals surface area contributed by atoms with E-state index in [4.69, 9.17) is 24.5 Å². The van der Waals surface area contributed by atoms with Gasteiger partial charge in [-0.2, -0.15) is 0 Å². The van der Waals surface area contributed by atoms with Crippen LogP contribution in [-0.2, 0) is 58.6 Å². The fourth-order valence-corrected chi connectivity index (χ4v) is 9.28. The van der Waals surface area contributed by atoms with Crippen LogP contribution < -0.4 is 20.4 Å². The van der Waals surface area contributed by atoms with Gasteiger partial charge in [-0.15, -0.1) is 0 Å².